The minimum atomic E-state index is -4.45. The number of hydrogen-bond acceptors (Lipinski definition) is 4. The van der Waals surface area contributed by atoms with Crippen molar-refractivity contribution in [2.24, 2.45) is 0 Å². The van der Waals surface area contributed by atoms with Gasteiger partial charge in [0.15, 0.2) is 0 Å². The Morgan fingerprint density at radius 3 is 2.68 bits per heavy atom. The maximum absolute atomic E-state index is 12.4. The third-order valence-electron chi connectivity index (χ3n) is 2.25. The SMILES string of the molecule is CCCc1nnsc1C(=O)N(CCCl)CC(F)(F)F. The normalized spacial score (nSPS) is 11.6. The summed E-state index contributed by atoms with van der Waals surface area (Å²) in [6.45, 7) is 0.408. The largest absolute Gasteiger partial charge is 0.406 e. The van der Waals surface area contributed by atoms with Crippen LogP contribution in [0.15, 0.2) is 0 Å². The van der Waals surface area contributed by atoms with Crippen LogP contribution >= 0.6 is 23.1 Å². The molecule has 4 nitrogen and oxygen atoms in total. The molecule has 0 fully saturated rings. The van der Waals surface area contributed by atoms with E-state index in [2.05, 4.69) is 9.59 Å². The number of halogens is 4. The molecular weight excluding hydrogens is 303 g/mol. The molecule has 0 N–H and O–H groups in total. The molecule has 0 aromatic carbocycles. The Kier molecular flexibility index (Phi) is 5.99. The number of alkyl halides is 4. The summed E-state index contributed by atoms with van der Waals surface area (Å²) in [6, 6.07) is 0. The van der Waals surface area contributed by atoms with Gasteiger partial charge in [-0.3, -0.25) is 4.79 Å². The van der Waals surface area contributed by atoms with Crippen LogP contribution in [0.25, 0.3) is 0 Å². The number of aryl methyl sites for hydroxylation is 1. The topological polar surface area (TPSA) is 46.1 Å². The zero-order chi connectivity index (χ0) is 14.5. The van der Waals surface area contributed by atoms with Gasteiger partial charge in [-0.2, -0.15) is 13.2 Å². The first-order chi connectivity index (χ1) is 8.89. The van der Waals surface area contributed by atoms with Crippen molar-refractivity contribution in [1.82, 2.24) is 14.5 Å². The van der Waals surface area contributed by atoms with Gasteiger partial charge in [-0.25, -0.2) is 0 Å². The van der Waals surface area contributed by atoms with Gasteiger partial charge in [0.1, 0.15) is 11.4 Å². The Morgan fingerprint density at radius 1 is 1.47 bits per heavy atom. The van der Waals surface area contributed by atoms with E-state index in [0.717, 1.165) is 18.0 Å². The van der Waals surface area contributed by atoms with Crippen molar-refractivity contribution in [2.45, 2.75) is 25.9 Å². The summed E-state index contributed by atoms with van der Waals surface area (Å²) < 4.78 is 40.9. The van der Waals surface area contributed by atoms with Crippen molar-refractivity contribution in [3.05, 3.63) is 10.6 Å². The highest BCUT2D eigenvalue weighted by Gasteiger charge is 2.34. The zero-order valence-electron chi connectivity index (χ0n) is 10.2. The lowest BCUT2D eigenvalue weighted by Crippen LogP contribution is -2.40. The van der Waals surface area contributed by atoms with Crippen LogP contribution < -0.4 is 0 Å². The van der Waals surface area contributed by atoms with Crippen LogP contribution in [0.3, 0.4) is 0 Å². The van der Waals surface area contributed by atoms with Crippen molar-refractivity contribution >= 4 is 29.0 Å². The zero-order valence-corrected chi connectivity index (χ0v) is 11.8. The molecule has 19 heavy (non-hydrogen) atoms. The second kappa shape index (κ2) is 7.04. The molecule has 1 aromatic heterocycles. The van der Waals surface area contributed by atoms with E-state index in [-0.39, 0.29) is 17.3 Å². The standard InChI is InChI=1S/C10H13ClF3N3OS/c1-2-3-7-8(19-16-15-7)9(18)17(5-4-11)6-10(12,13)14/h2-6H2,1H3. The highest BCUT2D eigenvalue weighted by atomic mass is 35.5. The Hall–Kier alpha value is -0.890. The molecule has 0 saturated heterocycles. The average molecular weight is 316 g/mol. The summed E-state index contributed by atoms with van der Waals surface area (Å²) in [5, 5.41) is 3.77. The molecule has 1 amide bonds. The molecule has 0 atom stereocenters. The molecule has 0 unspecified atom stereocenters. The smallest absolute Gasteiger partial charge is 0.328 e. The van der Waals surface area contributed by atoms with Crippen molar-refractivity contribution in [3.63, 3.8) is 0 Å². The van der Waals surface area contributed by atoms with Gasteiger partial charge in [-0.1, -0.05) is 17.8 Å². The summed E-state index contributed by atoms with van der Waals surface area (Å²) in [7, 11) is 0. The van der Waals surface area contributed by atoms with Crippen molar-refractivity contribution in [2.75, 3.05) is 19.0 Å². The summed E-state index contributed by atoms with van der Waals surface area (Å²) in [5.41, 5.74) is 0.444. The Balaban J connectivity index is 2.89. The van der Waals surface area contributed by atoms with E-state index in [1.54, 1.807) is 0 Å². The number of nitrogens with zero attached hydrogens (tertiary/aromatic N) is 3. The summed E-state index contributed by atoms with van der Waals surface area (Å²) >= 11 is 6.26. The van der Waals surface area contributed by atoms with Crippen LogP contribution in [0.5, 0.6) is 0 Å². The number of carbonyl (C=O) groups is 1. The third kappa shape index (κ3) is 4.94. The second-order valence-corrected chi connectivity index (χ2v) is 4.96. The van der Waals surface area contributed by atoms with E-state index in [1.165, 1.54) is 0 Å². The fourth-order valence-corrected chi connectivity index (χ4v) is 2.37. The molecule has 1 aromatic rings. The predicted molar refractivity (Wildman–Crippen MR) is 66.6 cm³/mol. The first-order valence-electron chi connectivity index (χ1n) is 5.62. The van der Waals surface area contributed by atoms with Crippen LogP contribution in [-0.2, 0) is 6.42 Å². The Morgan fingerprint density at radius 2 is 2.16 bits per heavy atom. The second-order valence-electron chi connectivity index (χ2n) is 3.83. The maximum Gasteiger partial charge on any atom is 0.406 e. The van der Waals surface area contributed by atoms with Crippen LogP contribution in [-0.4, -0.2) is 45.5 Å². The Bertz CT molecular complexity index is 424. The molecule has 9 heteroatoms. The van der Waals surface area contributed by atoms with Gasteiger partial charge >= 0.3 is 6.18 Å². The first kappa shape index (κ1) is 16.2. The van der Waals surface area contributed by atoms with Crippen LogP contribution in [0, 0.1) is 0 Å². The van der Waals surface area contributed by atoms with E-state index < -0.39 is 18.6 Å². The number of rotatable bonds is 6. The van der Waals surface area contributed by atoms with E-state index in [4.69, 9.17) is 11.6 Å². The van der Waals surface area contributed by atoms with E-state index in [9.17, 15) is 18.0 Å². The molecule has 108 valence electrons. The lowest BCUT2D eigenvalue weighted by molar-refractivity contribution is -0.140. The first-order valence-corrected chi connectivity index (χ1v) is 6.93. The van der Waals surface area contributed by atoms with Gasteiger partial charge in [0.25, 0.3) is 5.91 Å². The summed E-state index contributed by atoms with van der Waals surface area (Å²) in [6.07, 6.45) is -3.20. The third-order valence-corrected chi connectivity index (χ3v) is 3.17. The minimum Gasteiger partial charge on any atom is -0.328 e. The quantitative estimate of drug-likeness (QED) is 0.758. The number of aromatic nitrogens is 2. The lowest BCUT2D eigenvalue weighted by Gasteiger charge is -2.22. The van der Waals surface area contributed by atoms with E-state index >= 15 is 0 Å². The van der Waals surface area contributed by atoms with Crippen LogP contribution in [0.4, 0.5) is 13.2 Å². The fraction of sp³-hybridized carbons (Fsp3) is 0.700. The van der Waals surface area contributed by atoms with Gasteiger partial charge in [0.05, 0.1) is 5.69 Å². The van der Waals surface area contributed by atoms with Crippen molar-refractivity contribution in [3.8, 4) is 0 Å². The molecule has 1 heterocycles. The van der Waals surface area contributed by atoms with Crippen LogP contribution in [0.1, 0.15) is 28.7 Å². The van der Waals surface area contributed by atoms with Gasteiger partial charge < -0.3 is 4.90 Å². The Labute approximate surface area is 117 Å². The average Bonchev–Trinajstić information content (AvgIpc) is 2.74. The summed E-state index contributed by atoms with van der Waals surface area (Å²) in [4.78, 5) is 12.9. The predicted octanol–water partition coefficient (Wildman–Crippen LogP) is 2.73. The molecule has 0 saturated carbocycles. The van der Waals surface area contributed by atoms with Crippen LogP contribution in [0.2, 0.25) is 0 Å². The van der Waals surface area contributed by atoms with Gasteiger partial charge in [-0.05, 0) is 18.0 Å². The molecule has 0 aliphatic heterocycles. The maximum atomic E-state index is 12.4. The molecule has 0 spiro atoms. The molecule has 0 aliphatic rings. The monoisotopic (exact) mass is 315 g/mol. The summed E-state index contributed by atoms with van der Waals surface area (Å²) in [5.74, 6) is -0.770. The molecule has 0 aliphatic carbocycles. The van der Waals surface area contributed by atoms with Gasteiger partial charge in [0.2, 0.25) is 0 Å². The molecular formula is C10H13ClF3N3OS. The number of amides is 1. The highest BCUT2D eigenvalue weighted by Crippen LogP contribution is 2.21. The fourth-order valence-electron chi connectivity index (χ4n) is 1.49. The number of carbonyl (C=O) groups excluding carboxylic acids is 1. The van der Waals surface area contributed by atoms with Crippen molar-refractivity contribution < 1.29 is 18.0 Å². The lowest BCUT2D eigenvalue weighted by atomic mass is 10.2. The van der Waals surface area contributed by atoms with Gasteiger partial charge in [-0.15, -0.1) is 16.7 Å². The molecule has 0 radical (unpaired) electrons. The highest BCUT2D eigenvalue weighted by molar-refractivity contribution is 7.08. The van der Waals surface area contributed by atoms with E-state index in [0.29, 0.717) is 17.0 Å². The molecule has 1 rings (SSSR count). The number of hydrogen-bond donors (Lipinski definition) is 0. The van der Waals surface area contributed by atoms with E-state index in [1.807, 2.05) is 6.92 Å². The van der Waals surface area contributed by atoms with Gasteiger partial charge in [0, 0.05) is 12.4 Å². The van der Waals surface area contributed by atoms with Crippen molar-refractivity contribution in [1.29, 1.82) is 0 Å². The minimum absolute atomic E-state index is 0.0584. The molecule has 0 bridgehead atoms.